The van der Waals surface area contributed by atoms with Crippen LogP contribution >= 0.6 is 46.0 Å². The largest absolute Gasteiger partial charge is 0.465 e. The van der Waals surface area contributed by atoms with Gasteiger partial charge in [0.2, 0.25) is 5.12 Å². The highest BCUT2D eigenvalue weighted by atomic mass is 127. The second-order valence-electron chi connectivity index (χ2n) is 3.98. The molecule has 0 N–H and O–H groups in total. The molecule has 2 aromatic rings. The summed E-state index contributed by atoms with van der Waals surface area (Å²) < 4.78 is 6.24. The van der Waals surface area contributed by atoms with Gasteiger partial charge >= 0.3 is 0 Å². The first-order valence-electron chi connectivity index (χ1n) is 5.65. The van der Waals surface area contributed by atoms with Crippen LogP contribution in [-0.2, 0) is 4.79 Å². The summed E-state index contributed by atoms with van der Waals surface area (Å²) in [7, 11) is 0. The lowest BCUT2D eigenvalue weighted by atomic mass is 10.2. The highest BCUT2D eigenvalue weighted by Crippen LogP contribution is 2.32. The third kappa shape index (κ3) is 2.84. The minimum Gasteiger partial charge on any atom is -0.465 e. The number of benzene rings is 1. The zero-order valence-electron chi connectivity index (χ0n) is 9.97. The number of aliphatic imine (C=N–C) groups is 1. The number of carbonyl (C=O) groups excluding carboxylic acids is 1. The topological polar surface area (TPSA) is 42.6 Å². The molecule has 0 bridgehead atoms. The molecule has 1 aliphatic heterocycles. The molecule has 0 fully saturated rings. The van der Waals surface area contributed by atoms with Gasteiger partial charge in [0.1, 0.15) is 16.5 Å². The number of carbonyl (C=O) groups is 1. The van der Waals surface area contributed by atoms with Crippen molar-refractivity contribution in [1.82, 2.24) is 0 Å². The molecule has 2 heterocycles. The van der Waals surface area contributed by atoms with Gasteiger partial charge in [-0.25, -0.2) is 4.99 Å². The van der Waals surface area contributed by atoms with E-state index in [1.165, 1.54) is 0 Å². The molecule has 0 saturated heterocycles. The fraction of sp³-hybridized carbons (Fsp3) is 0. The Morgan fingerprint density at radius 1 is 1.35 bits per heavy atom. The molecule has 1 aromatic carbocycles. The van der Waals surface area contributed by atoms with Crippen LogP contribution < -0.4 is 0 Å². The number of rotatable bonds is 2. The van der Waals surface area contributed by atoms with Crippen LogP contribution in [0.15, 0.2) is 51.7 Å². The van der Waals surface area contributed by atoms with Crippen molar-refractivity contribution in [1.29, 1.82) is 0 Å². The molecule has 0 spiro atoms. The van der Waals surface area contributed by atoms with Crippen LogP contribution in [0.4, 0.5) is 0 Å². The van der Waals surface area contributed by atoms with E-state index in [2.05, 4.69) is 27.6 Å². The number of furan rings is 1. The van der Waals surface area contributed by atoms with Crippen molar-refractivity contribution in [2.24, 2.45) is 4.99 Å². The summed E-state index contributed by atoms with van der Waals surface area (Å²) in [5, 5.41) is 1.10. The maximum absolute atomic E-state index is 12.0. The van der Waals surface area contributed by atoms with Crippen molar-refractivity contribution in [2.45, 2.75) is 0 Å². The fourth-order valence-corrected chi connectivity index (χ4v) is 3.26. The van der Waals surface area contributed by atoms with Gasteiger partial charge < -0.3 is 4.42 Å². The van der Waals surface area contributed by atoms with E-state index in [1.807, 2.05) is 12.1 Å². The molecule has 0 aliphatic carbocycles. The molecule has 3 rings (SSSR count). The van der Waals surface area contributed by atoms with Crippen LogP contribution in [0, 0.1) is 3.57 Å². The Kier molecular flexibility index (Phi) is 4.00. The van der Waals surface area contributed by atoms with E-state index in [9.17, 15) is 4.79 Å². The third-order valence-electron chi connectivity index (χ3n) is 2.60. The van der Waals surface area contributed by atoms with Crippen molar-refractivity contribution >= 4 is 62.2 Å². The highest BCUT2D eigenvalue weighted by Gasteiger charge is 2.25. The number of thioether (sulfide) groups is 1. The summed E-state index contributed by atoms with van der Waals surface area (Å²) in [5.74, 6) is 0.604. The summed E-state index contributed by atoms with van der Waals surface area (Å²) >= 11 is 9.45. The van der Waals surface area contributed by atoms with Crippen molar-refractivity contribution in [3.63, 3.8) is 0 Å². The Morgan fingerprint density at radius 3 is 2.95 bits per heavy atom. The molecule has 3 nitrogen and oxygen atoms in total. The Bertz CT molecular complexity index is 738. The Labute approximate surface area is 138 Å². The zero-order valence-corrected chi connectivity index (χ0v) is 13.7. The van der Waals surface area contributed by atoms with Gasteiger partial charge in [0.05, 0.1) is 11.3 Å². The van der Waals surface area contributed by atoms with Crippen molar-refractivity contribution in [2.75, 3.05) is 0 Å². The molecule has 100 valence electrons. The predicted molar refractivity (Wildman–Crippen MR) is 90.0 cm³/mol. The normalized spacial score (nSPS) is 16.8. The number of nitrogens with zero attached hydrogens (tertiary/aromatic N) is 1. The van der Waals surface area contributed by atoms with Gasteiger partial charge in [-0.15, -0.1) is 0 Å². The van der Waals surface area contributed by atoms with Gasteiger partial charge in [-0.3, -0.25) is 4.79 Å². The van der Waals surface area contributed by atoms with E-state index in [0.717, 1.165) is 20.9 Å². The average Bonchev–Trinajstić information content (AvgIpc) is 3.04. The van der Waals surface area contributed by atoms with Crippen LogP contribution in [0.25, 0.3) is 6.08 Å². The highest BCUT2D eigenvalue weighted by molar-refractivity contribution is 14.1. The van der Waals surface area contributed by atoms with Crippen molar-refractivity contribution < 1.29 is 9.21 Å². The molecule has 20 heavy (non-hydrogen) atoms. The number of halogens is 2. The van der Waals surface area contributed by atoms with Gasteiger partial charge in [-0.2, -0.15) is 0 Å². The van der Waals surface area contributed by atoms with Crippen molar-refractivity contribution in [3.8, 4) is 0 Å². The van der Waals surface area contributed by atoms with Gasteiger partial charge in [-0.1, -0.05) is 11.6 Å². The molecular formula is C14H7ClINO2S. The Balaban J connectivity index is 2.00. The molecule has 0 amide bonds. The molecule has 0 unspecified atom stereocenters. The van der Waals surface area contributed by atoms with Crippen LogP contribution in [0.1, 0.15) is 11.3 Å². The van der Waals surface area contributed by atoms with Gasteiger partial charge in [0.15, 0.2) is 0 Å². The first-order valence-corrected chi connectivity index (χ1v) is 7.92. The minimum absolute atomic E-state index is 0.105. The lowest BCUT2D eigenvalue weighted by Crippen LogP contribution is -1.94. The molecule has 0 radical (unpaired) electrons. The van der Waals surface area contributed by atoms with E-state index in [1.54, 1.807) is 30.5 Å². The second-order valence-corrected chi connectivity index (χ2v) is 6.59. The summed E-state index contributed by atoms with van der Waals surface area (Å²) in [4.78, 5) is 16.3. The summed E-state index contributed by atoms with van der Waals surface area (Å²) in [6.07, 6.45) is 3.18. The van der Waals surface area contributed by atoms with Gasteiger partial charge in [0.25, 0.3) is 0 Å². The average molecular weight is 416 g/mol. The maximum Gasteiger partial charge on any atom is 0.244 e. The van der Waals surface area contributed by atoms with E-state index in [4.69, 9.17) is 16.0 Å². The predicted octanol–water partition coefficient (Wildman–Crippen LogP) is 4.60. The molecule has 6 heteroatoms. The van der Waals surface area contributed by atoms with E-state index < -0.39 is 0 Å². The van der Waals surface area contributed by atoms with E-state index >= 15 is 0 Å². The minimum atomic E-state index is -0.105. The van der Waals surface area contributed by atoms with Gasteiger partial charge in [0, 0.05) is 15.2 Å². The fourth-order valence-electron chi connectivity index (χ4n) is 1.69. The SMILES string of the molecule is O=C1SC(c2cc(I)ccc2Cl)=N/C1=C/c1ccco1. The van der Waals surface area contributed by atoms with Gasteiger partial charge in [-0.05, 0) is 64.7 Å². The summed E-state index contributed by atoms with van der Waals surface area (Å²) in [6, 6.07) is 9.17. The van der Waals surface area contributed by atoms with E-state index in [0.29, 0.717) is 21.5 Å². The Hall–Kier alpha value is -1.05. The maximum atomic E-state index is 12.0. The molecule has 0 saturated carbocycles. The zero-order chi connectivity index (χ0) is 14.1. The lowest BCUT2D eigenvalue weighted by molar-refractivity contribution is -0.107. The summed E-state index contributed by atoms with van der Waals surface area (Å²) in [5.41, 5.74) is 1.15. The standard InChI is InChI=1S/C14H7ClINO2S/c15-11-4-3-8(16)6-10(11)13-17-12(14(18)20-13)7-9-2-1-5-19-9/h1-7H/b12-7+. The lowest BCUT2D eigenvalue weighted by Gasteiger charge is -2.02. The van der Waals surface area contributed by atoms with Crippen LogP contribution in [0.3, 0.4) is 0 Å². The van der Waals surface area contributed by atoms with E-state index in [-0.39, 0.29) is 5.12 Å². The summed E-state index contributed by atoms with van der Waals surface area (Å²) in [6.45, 7) is 0. The Morgan fingerprint density at radius 2 is 2.20 bits per heavy atom. The molecule has 1 aromatic heterocycles. The second kappa shape index (κ2) is 5.75. The molecular weight excluding hydrogens is 409 g/mol. The monoisotopic (exact) mass is 415 g/mol. The number of hydrogen-bond donors (Lipinski definition) is 0. The quantitative estimate of drug-likeness (QED) is 0.532. The van der Waals surface area contributed by atoms with Crippen LogP contribution in [0.2, 0.25) is 5.02 Å². The van der Waals surface area contributed by atoms with Crippen LogP contribution in [-0.4, -0.2) is 10.2 Å². The smallest absolute Gasteiger partial charge is 0.244 e. The third-order valence-corrected chi connectivity index (χ3v) is 4.50. The number of hydrogen-bond acceptors (Lipinski definition) is 4. The van der Waals surface area contributed by atoms with Crippen molar-refractivity contribution in [3.05, 3.63) is 62.2 Å². The first kappa shape index (κ1) is 13.9. The molecule has 1 aliphatic rings. The molecule has 0 atom stereocenters. The van der Waals surface area contributed by atoms with Crippen LogP contribution in [0.5, 0.6) is 0 Å². The first-order chi connectivity index (χ1) is 9.63.